The molecule has 0 heterocycles. The average Bonchev–Trinajstić information content (AvgIpc) is 2.26. The molecular formula is C10H12FNO2. The SMILES string of the molecule is COc1cccc(C(=O)CN)c1CF. The Bertz CT molecular complexity index is 339. The van der Waals surface area contributed by atoms with E-state index in [-0.39, 0.29) is 17.9 Å². The van der Waals surface area contributed by atoms with Crippen molar-refractivity contribution in [2.24, 2.45) is 5.73 Å². The number of benzene rings is 1. The van der Waals surface area contributed by atoms with Crippen molar-refractivity contribution < 1.29 is 13.9 Å². The first-order valence-corrected chi connectivity index (χ1v) is 4.19. The van der Waals surface area contributed by atoms with Crippen LogP contribution < -0.4 is 10.5 Å². The maximum absolute atomic E-state index is 12.7. The zero-order valence-corrected chi connectivity index (χ0v) is 7.92. The second-order valence-electron chi connectivity index (χ2n) is 2.75. The van der Waals surface area contributed by atoms with Gasteiger partial charge in [0.15, 0.2) is 5.78 Å². The summed E-state index contributed by atoms with van der Waals surface area (Å²) in [6.07, 6.45) is 0. The lowest BCUT2D eigenvalue weighted by atomic mass is 10.0. The van der Waals surface area contributed by atoms with Gasteiger partial charge in [-0.25, -0.2) is 4.39 Å². The van der Waals surface area contributed by atoms with Crippen molar-refractivity contribution in [1.82, 2.24) is 0 Å². The van der Waals surface area contributed by atoms with Crippen LogP contribution in [0.3, 0.4) is 0 Å². The lowest BCUT2D eigenvalue weighted by Crippen LogP contribution is -2.15. The summed E-state index contributed by atoms with van der Waals surface area (Å²) in [7, 11) is 1.44. The molecule has 1 rings (SSSR count). The minimum absolute atomic E-state index is 0.125. The minimum atomic E-state index is -0.731. The number of ether oxygens (including phenoxy) is 1. The number of nitrogens with two attached hydrogens (primary N) is 1. The van der Waals surface area contributed by atoms with Crippen molar-refractivity contribution in [2.45, 2.75) is 6.67 Å². The Balaban J connectivity index is 3.21. The van der Waals surface area contributed by atoms with Gasteiger partial charge >= 0.3 is 0 Å². The number of halogens is 1. The van der Waals surface area contributed by atoms with E-state index in [4.69, 9.17) is 10.5 Å². The van der Waals surface area contributed by atoms with Crippen molar-refractivity contribution in [3.05, 3.63) is 29.3 Å². The van der Waals surface area contributed by atoms with E-state index in [0.717, 1.165) is 0 Å². The summed E-state index contributed by atoms with van der Waals surface area (Å²) < 4.78 is 17.6. The van der Waals surface area contributed by atoms with Gasteiger partial charge in [0.1, 0.15) is 12.4 Å². The van der Waals surface area contributed by atoms with Gasteiger partial charge in [-0.3, -0.25) is 4.79 Å². The highest BCUT2D eigenvalue weighted by Crippen LogP contribution is 2.23. The third kappa shape index (κ3) is 1.90. The quantitative estimate of drug-likeness (QED) is 0.740. The van der Waals surface area contributed by atoms with E-state index in [1.807, 2.05) is 0 Å². The molecule has 0 aliphatic heterocycles. The maximum Gasteiger partial charge on any atom is 0.176 e. The Kier molecular flexibility index (Phi) is 3.59. The Morgan fingerprint density at radius 3 is 2.79 bits per heavy atom. The van der Waals surface area contributed by atoms with Gasteiger partial charge in [0.25, 0.3) is 0 Å². The molecule has 0 aliphatic rings. The minimum Gasteiger partial charge on any atom is -0.496 e. The van der Waals surface area contributed by atoms with E-state index in [1.165, 1.54) is 7.11 Å². The fraction of sp³-hybridized carbons (Fsp3) is 0.300. The summed E-state index contributed by atoms with van der Waals surface area (Å²) in [6, 6.07) is 4.80. The van der Waals surface area contributed by atoms with E-state index < -0.39 is 6.67 Å². The zero-order chi connectivity index (χ0) is 10.6. The molecule has 0 bridgehead atoms. The molecule has 0 spiro atoms. The molecule has 0 radical (unpaired) electrons. The molecule has 3 nitrogen and oxygen atoms in total. The molecule has 76 valence electrons. The number of alkyl halides is 1. The first-order chi connectivity index (χ1) is 6.74. The smallest absolute Gasteiger partial charge is 0.176 e. The van der Waals surface area contributed by atoms with Crippen LogP contribution in [0.1, 0.15) is 15.9 Å². The lowest BCUT2D eigenvalue weighted by molar-refractivity contribution is 0.0999. The summed E-state index contributed by atoms with van der Waals surface area (Å²) >= 11 is 0. The van der Waals surface area contributed by atoms with Gasteiger partial charge < -0.3 is 10.5 Å². The molecule has 1 aromatic carbocycles. The number of methoxy groups -OCH3 is 1. The van der Waals surface area contributed by atoms with Gasteiger partial charge in [-0.2, -0.15) is 0 Å². The molecule has 14 heavy (non-hydrogen) atoms. The van der Waals surface area contributed by atoms with E-state index in [9.17, 15) is 9.18 Å². The van der Waals surface area contributed by atoms with Crippen LogP contribution in [0.5, 0.6) is 5.75 Å². The largest absolute Gasteiger partial charge is 0.496 e. The molecule has 0 aliphatic carbocycles. The van der Waals surface area contributed by atoms with Gasteiger partial charge in [-0.1, -0.05) is 12.1 Å². The number of hydrogen-bond acceptors (Lipinski definition) is 3. The molecular weight excluding hydrogens is 185 g/mol. The molecule has 0 saturated carbocycles. The van der Waals surface area contributed by atoms with Crippen molar-refractivity contribution in [2.75, 3.05) is 13.7 Å². The topological polar surface area (TPSA) is 52.3 Å². The summed E-state index contributed by atoms with van der Waals surface area (Å²) in [5, 5.41) is 0. The van der Waals surface area contributed by atoms with Crippen LogP contribution in [0.4, 0.5) is 4.39 Å². The molecule has 4 heteroatoms. The standard InChI is InChI=1S/C10H12FNO2/c1-14-10-4-2-3-7(8(10)5-11)9(13)6-12/h2-4H,5-6,12H2,1H3. The van der Waals surface area contributed by atoms with Crippen LogP contribution in [-0.2, 0) is 6.67 Å². The van der Waals surface area contributed by atoms with E-state index in [2.05, 4.69) is 0 Å². The van der Waals surface area contributed by atoms with Crippen molar-refractivity contribution in [3.63, 3.8) is 0 Å². The summed E-state index contributed by atoms with van der Waals surface area (Å²) in [4.78, 5) is 11.3. The third-order valence-corrected chi connectivity index (χ3v) is 1.97. The van der Waals surface area contributed by atoms with Crippen LogP contribution >= 0.6 is 0 Å². The normalized spacial score (nSPS) is 9.93. The Morgan fingerprint density at radius 2 is 2.29 bits per heavy atom. The second kappa shape index (κ2) is 4.72. The molecule has 0 amide bonds. The Morgan fingerprint density at radius 1 is 1.57 bits per heavy atom. The molecule has 0 aromatic heterocycles. The predicted octanol–water partition coefficient (Wildman–Crippen LogP) is 1.31. The van der Waals surface area contributed by atoms with Crippen molar-refractivity contribution in [1.29, 1.82) is 0 Å². The number of Topliss-reactive ketones (excluding diaryl/α,β-unsaturated/α-hetero) is 1. The highest BCUT2D eigenvalue weighted by molar-refractivity contribution is 5.99. The maximum atomic E-state index is 12.7. The van der Waals surface area contributed by atoms with Gasteiger partial charge in [0, 0.05) is 11.1 Å². The van der Waals surface area contributed by atoms with Crippen LogP contribution in [0, 0.1) is 0 Å². The number of hydrogen-bond donors (Lipinski definition) is 1. The van der Waals surface area contributed by atoms with Crippen molar-refractivity contribution >= 4 is 5.78 Å². The number of rotatable bonds is 4. The van der Waals surface area contributed by atoms with Crippen LogP contribution in [0.2, 0.25) is 0 Å². The number of ketones is 1. The first-order valence-electron chi connectivity index (χ1n) is 4.19. The van der Waals surface area contributed by atoms with Gasteiger partial charge in [-0.05, 0) is 6.07 Å². The monoisotopic (exact) mass is 197 g/mol. The van der Waals surface area contributed by atoms with Crippen molar-refractivity contribution in [3.8, 4) is 5.75 Å². The second-order valence-corrected chi connectivity index (χ2v) is 2.75. The predicted molar refractivity (Wildman–Crippen MR) is 51.2 cm³/mol. The van der Waals surface area contributed by atoms with E-state index in [0.29, 0.717) is 11.3 Å². The van der Waals surface area contributed by atoms with Crippen LogP contribution in [0.25, 0.3) is 0 Å². The summed E-state index contributed by atoms with van der Waals surface area (Å²) in [5.74, 6) is 0.100. The lowest BCUT2D eigenvalue weighted by Gasteiger charge is -2.09. The first kappa shape index (κ1) is 10.7. The fourth-order valence-electron chi connectivity index (χ4n) is 1.27. The van der Waals surface area contributed by atoms with Gasteiger partial charge in [-0.15, -0.1) is 0 Å². The molecule has 1 aromatic rings. The molecule has 0 saturated heterocycles. The Hall–Kier alpha value is -1.42. The van der Waals surface area contributed by atoms with Gasteiger partial charge in [0.2, 0.25) is 0 Å². The number of carbonyl (C=O) groups excluding carboxylic acids is 1. The van der Waals surface area contributed by atoms with Gasteiger partial charge in [0.05, 0.1) is 13.7 Å². The van der Waals surface area contributed by atoms with Crippen LogP contribution in [0.15, 0.2) is 18.2 Å². The molecule has 2 N–H and O–H groups in total. The average molecular weight is 197 g/mol. The highest BCUT2D eigenvalue weighted by atomic mass is 19.1. The highest BCUT2D eigenvalue weighted by Gasteiger charge is 2.13. The Labute approximate surface area is 81.7 Å². The zero-order valence-electron chi connectivity index (χ0n) is 7.92. The molecule has 0 unspecified atom stereocenters. The number of carbonyl (C=O) groups is 1. The third-order valence-electron chi connectivity index (χ3n) is 1.97. The fourth-order valence-corrected chi connectivity index (χ4v) is 1.27. The van der Waals surface area contributed by atoms with E-state index >= 15 is 0 Å². The van der Waals surface area contributed by atoms with E-state index in [1.54, 1.807) is 18.2 Å². The summed E-state index contributed by atoms with van der Waals surface area (Å²) in [6.45, 7) is -0.856. The van der Waals surface area contributed by atoms with Crippen LogP contribution in [-0.4, -0.2) is 19.4 Å². The molecule has 0 atom stereocenters. The molecule has 0 fully saturated rings. The summed E-state index contributed by atoms with van der Waals surface area (Å²) in [5.41, 5.74) is 5.78.